The van der Waals surface area contributed by atoms with Crippen LogP contribution in [0.15, 0.2) is 97.1 Å². The molecule has 5 rings (SSSR count). The Kier molecular flexibility index (Phi) is 9.16. The van der Waals surface area contributed by atoms with Crippen LogP contribution in [0.5, 0.6) is 0 Å². The topological polar surface area (TPSA) is 92.2 Å². The van der Waals surface area contributed by atoms with Crippen molar-refractivity contribution in [2.45, 2.75) is 12.2 Å². The number of nitrogens with one attached hydrogen (secondary N) is 3. The molecule has 5 aromatic rings. The van der Waals surface area contributed by atoms with Gasteiger partial charge in [0.2, 0.25) is 5.91 Å². The van der Waals surface area contributed by atoms with Crippen molar-refractivity contribution in [1.82, 2.24) is 15.2 Å². The number of amides is 3. The second kappa shape index (κ2) is 13.2. The zero-order chi connectivity index (χ0) is 33.0. The number of rotatable bonds is 8. The van der Waals surface area contributed by atoms with E-state index in [1.807, 2.05) is 0 Å². The Bertz CT molecular complexity index is 1980. The van der Waals surface area contributed by atoms with Crippen LogP contribution in [0.2, 0.25) is 5.02 Å². The fourth-order valence-corrected chi connectivity index (χ4v) is 5.45. The highest BCUT2D eigenvalue weighted by atomic mass is 35.5. The predicted molar refractivity (Wildman–Crippen MR) is 171 cm³/mol. The van der Waals surface area contributed by atoms with Crippen LogP contribution in [0.4, 0.5) is 18.9 Å². The van der Waals surface area contributed by atoms with Gasteiger partial charge in [0.15, 0.2) is 0 Å². The van der Waals surface area contributed by atoms with Crippen LogP contribution in [0.3, 0.4) is 0 Å². The van der Waals surface area contributed by atoms with E-state index in [2.05, 4.69) is 21.9 Å². The van der Waals surface area contributed by atoms with E-state index in [0.717, 1.165) is 12.1 Å². The van der Waals surface area contributed by atoms with E-state index >= 15 is 0 Å². The SMILES string of the molecule is C#CCNC(=O)C(NC(=O)c1c(Cl)c2cc(NC(=O)c3ccccc3-c3ccc(C(F)(F)F)cc3)ccc2n1C)c1ccccc1. The first-order valence-corrected chi connectivity index (χ1v) is 14.3. The van der Waals surface area contributed by atoms with Crippen molar-refractivity contribution in [2.24, 2.45) is 7.05 Å². The zero-order valence-electron chi connectivity index (χ0n) is 24.3. The van der Waals surface area contributed by atoms with Crippen molar-refractivity contribution < 1.29 is 27.6 Å². The number of anilines is 1. The van der Waals surface area contributed by atoms with E-state index in [1.165, 1.54) is 12.1 Å². The van der Waals surface area contributed by atoms with E-state index in [9.17, 15) is 27.6 Å². The summed E-state index contributed by atoms with van der Waals surface area (Å²) < 4.78 is 40.8. The van der Waals surface area contributed by atoms with Crippen molar-refractivity contribution in [3.8, 4) is 23.5 Å². The number of alkyl halides is 3. The Morgan fingerprint density at radius 2 is 1.59 bits per heavy atom. The largest absolute Gasteiger partial charge is 0.416 e. The van der Waals surface area contributed by atoms with Crippen LogP contribution < -0.4 is 16.0 Å². The van der Waals surface area contributed by atoms with Gasteiger partial charge in [-0.2, -0.15) is 13.2 Å². The van der Waals surface area contributed by atoms with E-state index < -0.39 is 35.5 Å². The lowest BCUT2D eigenvalue weighted by Gasteiger charge is -2.18. The lowest BCUT2D eigenvalue weighted by molar-refractivity contribution is -0.137. The maximum absolute atomic E-state index is 13.5. The van der Waals surface area contributed by atoms with Crippen molar-refractivity contribution >= 4 is 45.9 Å². The van der Waals surface area contributed by atoms with Crippen molar-refractivity contribution in [1.29, 1.82) is 0 Å². The van der Waals surface area contributed by atoms with Crippen LogP contribution >= 0.6 is 11.6 Å². The Morgan fingerprint density at radius 1 is 0.913 bits per heavy atom. The molecule has 0 fully saturated rings. The fraction of sp³-hybridized carbons (Fsp3) is 0.114. The van der Waals surface area contributed by atoms with Crippen molar-refractivity contribution in [2.75, 3.05) is 11.9 Å². The van der Waals surface area contributed by atoms with Gasteiger partial charge in [-0.25, -0.2) is 0 Å². The Labute approximate surface area is 267 Å². The number of aryl methyl sites for hydroxylation is 1. The summed E-state index contributed by atoms with van der Waals surface area (Å²) in [6.07, 6.45) is 0.806. The van der Waals surface area contributed by atoms with Crippen molar-refractivity contribution in [3.05, 3.63) is 124 Å². The summed E-state index contributed by atoms with van der Waals surface area (Å²) in [5, 5.41) is 8.72. The maximum Gasteiger partial charge on any atom is 0.416 e. The van der Waals surface area contributed by atoms with Gasteiger partial charge in [-0.1, -0.05) is 78.2 Å². The second-order valence-electron chi connectivity index (χ2n) is 10.3. The third kappa shape index (κ3) is 6.60. The van der Waals surface area contributed by atoms with Gasteiger partial charge >= 0.3 is 6.18 Å². The number of halogens is 4. The van der Waals surface area contributed by atoms with Gasteiger partial charge in [-0.3, -0.25) is 14.4 Å². The minimum Gasteiger partial charge on any atom is -0.343 e. The summed E-state index contributed by atoms with van der Waals surface area (Å²) in [5.41, 5.74) is 1.95. The first-order chi connectivity index (χ1) is 22.0. The average Bonchev–Trinajstić information content (AvgIpc) is 3.30. The standard InChI is InChI=1S/C35H26ClF3N4O3/c1-3-19-40-33(45)30(22-9-5-4-6-10-22)42-34(46)31-29(36)27-20-24(17-18-28(27)43(31)2)41-32(44)26-12-8-7-11-25(26)21-13-15-23(16-14-21)35(37,38)39/h1,4-18,20,30H,19H2,2H3,(H,40,45)(H,41,44)(H,42,46). The molecule has 0 saturated heterocycles. The normalized spacial score (nSPS) is 11.8. The van der Waals surface area contributed by atoms with E-state index in [-0.39, 0.29) is 22.8 Å². The molecule has 0 saturated carbocycles. The first-order valence-electron chi connectivity index (χ1n) is 13.9. The number of carbonyl (C=O) groups excluding carboxylic acids is 3. The molecule has 1 aromatic heterocycles. The van der Waals surface area contributed by atoms with Crippen LogP contribution in [0, 0.1) is 12.3 Å². The molecule has 3 N–H and O–H groups in total. The lowest BCUT2D eigenvalue weighted by Crippen LogP contribution is -2.41. The Balaban J connectivity index is 1.41. The molecule has 46 heavy (non-hydrogen) atoms. The molecule has 0 aliphatic heterocycles. The molecule has 0 spiro atoms. The molecule has 0 radical (unpaired) electrons. The first kappa shape index (κ1) is 31.9. The summed E-state index contributed by atoms with van der Waals surface area (Å²) in [7, 11) is 1.65. The summed E-state index contributed by atoms with van der Waals surface area (Å²) in [4.78, 5) is 39.8. The molecule has 3 amide bonds. The second-order valence-corrected chi connectivity index (χ2v) is 10.6. The Morgan fingerprint density at radius 3 is 2.26 bits per heavy atom. The van der Waals surface area contributed by atoms with Gasteiger partial charge < -0.3 is 20.5 Å². The molecule has 1 heterocycles. The molecule has 0 aliphatic carbocycles. The molecule has 232 valence electrons. The van der Waals surface area contributed by atoms with Crippen LogP contribution in [-0.4, -0.2) is 28.8 Å². The molecule has 1 unspecified atom stereocenters. The highest BCUT2D eigenvalue weighted by molar-refractivity contribution is 6.39. The molecule has 0 bridgehead atoms. The smallest absolute Gasteiger partial charge is 0.343 e. The number of hydrogen-bond acceptors (Lipinski definition) is 3. The van der Waals surface area contributed by atoms with E-state index in [4.69, 9.17) is 18.0 Å². The Hall–Kier alpha value is -5.53. The number of benzene rings is 4. The van der Waals surface area contributed by atoms with Gasteiger partial charge in [0.05, 0.1) is 22.6 Å². The summed E-state index contributed by atoms with van der Waals surface area (Å²) >= 11 is 6.72. The van der Waals surface area contributed by atoms with Crippen LogP contribution in [0.1, 0.15) is 38.0 Å². The highest BCUT2D eigenvalue weighted by Gasteiger charge is 2.30. The number of carbonyl (C=O) groups is 3. The minimum atomic E-state index is -4.48. The monoisotopic (exact) mass is 642 g/mol. The number of terminal acetylenes is 1. The predicted octanol–water partition coefficient (Wildman–Crippen LogP) is 6.99. The number of hydrogen-bond donors (Lipinski definition) is 3. The molecular weight excluding hydrogens is 617 g/mol. The molecule has 0 aliphatic rings. The maximum atomic E-state index is 13.5. The summed E-state index contributed by atoms with van der Waals surface area (Å²) in [6.45, 7) is -0.0177. The number of fused-ring (bicyclic) bond motifs is 1. The summed E-state index contributed by atoms with van der Waals surface area (Å²) in [5.74, 6) is 0.741. The average molecular weight is 643 g/mol. The van der Waals surface area contributed by atoms with Gasteiger partial charge in [0.25, 0.3) is 11.8 Å². The lowest BCUT2D eigenvalue weighted by atomic mass is 9.98. The van der Waals surface area contributed by atoms with Crippen LogP contribution in [0.25, 0.3) is 22.0 Å². The molecule has 1 atom stereocenters. The quantitative estimate of drug-likeness (QED) is 0.159. The zero-order valence-corrected chi connectivity index (χ0v) is 25.0. The minimum absolute atomic E-state index is 0.0177. The highest BCUT2D eigenvalue weighted by Crippen LogP contribution is 2.34. The molecule has 11 heteroatoms. The van der Waals surface area contributed by atoms with Gasteiger partial charge in [0, 0.05) is 23.7 Å². The van der Waals surface area contributed by atoms with Crippen molar-refractivity contribution in [3.63, 3.8) is 0 Å². The molecular formula is C35H26ClF3N4O3. The third-order valence-electron chi connectivity index (χ3n) is 7.34. The third-order valence-corrected chi connectivity index (χ3v) is 7.72. The van der Waals surface area contributed by atoms with E-state index in [1.54, 1.807) is 84.4 Å². The van der Waals surface area contributed by atoms with Gasteiger partial charge in [0.1, 0.15) is 11.7 Å². The number of aromatic nitrogens is 1. The summed E-state index contributed by atoms with van der Waals surface area (Å²) in [6, 6.07) is 23.7. The van der Waals surface area contributed by atoms with Gasteiger partial charge in [-0.15, -0.1) is 6.42 Å². The molecule has 4 aromatic carbocycles. The van der Waals surface area contributed by atoms with Gasteiger partial charge in [-0.05, 0) is 53.1 Å². The molecule has 7 nitrogen and oxygen atoms in total. The van der Waals surface area contributed by atoms with E-state index in [0.29, 0.717) is 33.3 Å². The van der Waals surface area contributed by atoms with Crippen LogP contribution in [-0.2, 0) is 18.0 Å². The number of nitrogens with zero attached hydrogens (tertiary/aromatic N) is 1. The fourth-order valence-electron chi connectivity index (χ4n) is 5.08.